The molecule has 0 aliphatic carbocycles. The average Bonchev–Trinajstić information content (AvgIpc) is 3.02. The second-order valence-electron chi connectivity index (χ2n) is 13.1. The van der Waals surface area contributed by atoms with Crippen LogP contribution in [0, 0.1) is 5.41 Å². The van der Waals surface area contributed by atoms with Crippen LogP contribution in [0.2, 0.25) is 0 Å². The maximum Gasteiger partial charge on any atom is 0.320 e. The SMILES string of the molecule is CNCc1ccccc1CN(CC(=O)Nc1ccc2c(c1)CC(=O)Nc1ncccc1C2)C(=O)C1(C)CCN(C(=O)N2CCC2)CC1. The van der Waals surface area contributed by atoms with Crippen LogP contribution in [0.25, 0.3) is 0 Å². The summed E-state index contributed by atoms with van der Waals surface area (Å²) in [4.78, 5) is 63.2. The summed E-state index contributed by atoms with van der Waals surface area (Å²) in [5.41, 5.74) is 4.65. The van der Waals surface area contributed by atoms with Crippen LogP contribution in [0.4, 0.5) is 16.3 Å². The first kappa shape index (κ1) is 32.2. The Labute approximate surface area is 275 Å². The molecule has 11 heteroatoms. The summed E-state index contributed by atoms with van der Waals surface area (Å²) in [5, 5.41) is 9.06. The van der Waals surface area contributed by atoms with Gasteiger partial charge in [0.2, 0.25) is 17.7 Å². The fourth-order valence-electron chi connectivity index (χ4n) is 6.64. The minimum absolute atomic E-state index is 0.0534. The minimum Gasteiger partial charge on any atom is -0.329 e. The number of nitrogens with one attached hydrogen (secondary N) is 3. The van der Waals surface area contributed by atoms with Crippen LogP contribution in [-0.2, 0) is 40.3 Å². The van der Waals surface area contributed by atoms with Crippen LogP contribution < -0.4 is 16.0 Å². The largest absolute Gasteiger partial charge is 0.329 e. The van der Waals surface area contributed by atoms with E-state index in [0.717, 1.165) is 47.3 Å². The Morgan fingerprint density at radius 3 is 2.38 bits per heavy atom. The molecule has 2 fully saturated rings. The zero-order valence-electron chi connectivity index (χ0n) is 27.2. The predicted octanol–water partition coefficient (Wildman–Crippen LogP) is 3.78. The molecule has 2 aromatic carbocycles. The summed E-state index contributed by atoms with van der Waals surface area (Å²) in [5.74, 6) is -0.00532. The molecular weight excluding hydrogens is 594 g/mol. The molecule has 3 aliphatic heterocycles. The number of likely N-dealkylation sites (tertiary alicyclic amines) is 2. The first-order valence-electron chi connectivity index (χ1n) is 16.4. The van der Waals surface area contributed by atoms with Crippen LogP contribution in [0.1, 0.15) is 54.0 Å². The first-order chi connectivity index (χ1) is 22.7. The quantitative estimate of drug-likeness (QED) is 0.345. The Balaban J connectivity index is 1.19. The summed E-state index contributed by atoms with van der Waals surface area (Å²) in [6.07, 6.45) is 4.54. The van der Waals surface area contributed by atoms with Crippen molar-refractivity contribution < 1.29 is 19.2 Å². The third kappa shape index (κ3) is 7.30. The molecule has 3 aliphatic rings. The van der Waals surface area contributed by atoms with Gasteiger partial charge in [0.1, 0.15) is 12.4 Å². The van der Waals surface area contributed by atoms with Crippen LogP contribution >= 0.6 is 0 Å². The normalized spacial score (nSPS) is 16.9. The molecule has 11 nitrogen and oxygen atoms in total. The number of benzene rings is 2. The number of rotatable bonds is 8. The van der Waals surface area contributed by atoms with Crippen molar-refractivity contribution in [1.82, 2.24) is 25.0 Å². The van der Waals surface area contributed by atoms with Crippen molar-refractivity contribution in [3.8, 4) is 0 Å². The van der Waals surface area contributed by atoms with E-state index in [4.69, 9.17) is 0 Å². The van der Waals surface area contributed by atoms with E-state index >= 15 is 0 Å². The Bertz CT molecular complexity index is 1660. The number of pyridine rings is 1. The average molecular weight is 638 g/mol. The summed E-state index contributed by atoms with van der Waals surface area (Å²) >= 11 is 0. The van der Waals surface area contributed by atoms with Crippen molar-refractivity contribution in [2.24, 2.45) is 5.41 Å². The molecule has 6 rings (SSSR count). The van der Waals surface area contributed by atoms with Gasteiger partial charge in [-0.15, -0.1) is 0 Å². The Hall–Kier alpha value is -4.77. The second-order valence-corrected chi connectivity index (χ2v) is 13.1. The molecule has 0 spiro atoms. The van der Waals surface area contributed by atoms with Crippen molar-refractivity contribution >= 4 is 35.3 Å². The third-order valence-corrected chi connectivity index (χ3v) is 9.62. The van der Waals surface area contributed by atoms with E-state index in [2.05, 4.69) is 20.9 Å². The number of carbonyl (C=O) groups excluding carboxylic acids is 4. The lowest BCUT2D eigenvalue weighted by Gasteiger charge is -2.43. The van der Waals surface area contributed by atoms with Gasteiger partial charge in [0.05, 0.1) is 6.42 Å². The zero-order valence-corrected chi connectivity index (χ0v) is 27.2. The summed E-state index contributed by atoms with van der Waals surface area (Å²) in [6, 6.07) is 17.4. The van der Waals surface area contributed by atoms with Crippen LogP contribution in [-0.4, -0.2) is 83.2 Å². The number of aromatic nitrogens is 1. The van der Waals surface area contributed by atoms with E-state index in [1.54, 1.807) is 11.1 Å². The Morgan fingerprint density at radius 2 is 1.66 bits per heavy atom. The molecule has 0 saturated carbocycles. The Kier molecular flexibility index (Phi) is 9.53. The number of urea groups is 1. The molecule has 3 N–H and O–H groups in total. The van der Waals surface area contributed by atoms with Crippen LogP contribution in [0.3, 0.4) is 0 Å². The number of hydrogen-bond acceptors (Lipinski definition) is 6. The lowest BCUT2D eigenvalue weighted by molar-refractivity contribution is -0.146. The third-order valence-electron chi connectivity index (χ3n) is 9.62. The Morgan fingerprint density at radius 1 is 0.915 bits per heavy atom. The van der Waals surface area contributed by atoms with Gasteiger partial charge in [0.15, 0.2) is 0 Å². The van der Waals surface area contributed by atoms with Crippen LogP contribution in [0.15, 0.2) is 60.8 Å². The molecule has 0 atom stereocenters. The number of amides is 5. The van der Waals surface area contributed by atoms with Gasteiger partial charge >= 0.3 is 6.03 Å². The smallest absolute Gasteiger partial charge is 0.320 e. The van der Waals surface area contributed by atoms with Gasteiger partial charge in [0, 0.05) is 63.0 Å². The van der Waals surface area contributed by atoms with Gasteiger partial charge in [0.25, 0.3) is 0 Å². The van der Waals surface area contributed by atoms with Crippen molar-refractivity contribution in [1.29, 1.82) is 0 Å². The van der Waals surface area contributed by atoms with Gasteiger partial charge < -0.3 is 30.7 Å². The lowest BCUT2D eigenvalue weighted by Crippen LogP contribution is -2.55. The molecular formula is C36H43N7O4. The fourth-order valence-corrected chi connectivity index (χ4v) is 6.64. The highest BCUT2D eigenvalue weighted by molar-refractivity contribution is 5.96. The standard InChI is InChI=1S/C36H43N7O4/c1-36(12-17-42(18-13-36)35(47)41-15-6-16-41)34(46)43(23-28-8-4-3-7-27(28)22-37-2)24-32(45)39-30-11-10-25-19-26-9-5-14-38-33(26)40-31(44)21-29(25)20-30/h3-5,7-11,14,20,37H,6,12-13,15-19,21-24H2,1-2H3,(H,39,45)(H,38,40,44). The summed E-state index contributed by atoms with van der Waals surface area (Å²) < 4.78 is 0. The molecule has 47 heavy (non-hydrogen) atoms. The highest BCUT2D eigenvalue weighted by Crippen LogP contribution is 2.35. The predicted molar refractivity (Wildman–Crippen MR) is 180 cm³/mol. The van der Waals surface area contributed by atoms with E-state index < -0.39 is 5.41 Å². The van der Waals surface area contributed by atoms with Crippen molar-refractivity contribution in [3.05, 3.63) is 88.6 Å². The van der Waals surface area contributed by atoms with E-state index in [1.165, 1.54) is 0 Å². The van der Waals surface area contributed by atoms with Gasteiger partial charge in [-0.25, -0.2) is 9.78 Å². The van der Waals surface area contributed by atoms with Gasteiger partial charge in [-0.05, 0) is 72.3 Å². The second kappa shape index (κ2) is 13.9. The van der Waals surface area contributed by atoms with Gasteiger partial charge in [-0.1, -0.05) is 43.3 Å². The van der Waals surface area contributed by atoms with Crippen molar-refractivity contribution in [2.45, 2.75) is 52.1 Å². The van der Waals surface area contributed by atoms with E-state index in [-0.39, 0.29) is 43.3 Å². The number of nitrogens with zero attached hydrogens (tertiary/aromatic N) is 4. The summed E-state index contributed by atoms with van der Waals surface area (Å²) in [6.45, 7) is 5.36. The van der Waals surface area contributed by atoms with E-state index in [9.17, 15) is 19.2 Å². The van der Waals surface area contributed by atoms with Crippen molar-refractivity contribution in [2.75, 3.05) is 50.4 Å². The monoisotopic (exact) mass is 637 g/mol. The minimum atomic E-state index is -0.703. The maximum absolute atomic E-state index is 14.3. The first-order valence-corrected chi connectivity index (χ1v) is 16.4. The number of hydrogen-bond donors (Lipinski definition) is 3. The lowest BCUT2D eigenvalue weighted by atomic mass is 9.79. The van der Waals surface area contributed by atoms with Gasteiger partial charge in [-0.2, -0.15) is 0 Å². The molecule has 2 saturated heterocycles. The number of piperidine rings is 1. The van der Waals surface area contributed by atoms with E-state index in [0.29, 0.717) is 50.4 Å². The molecule has 0 bridgehead atoms. The topological polar surface area (TPSA) is 127 Å². The van der Waals surface area contributed by atoms with Gasteiger partial charge in [-0.3, -0.25) is 14.4 Å². The molecule has 246 valence electrons. The number of anilines is 2. The fraction of sp³-hybridized carbons (Fsp3) is 0.417. The maximum atomic E-state index is 14.3. The van der Waals surface area contributed by atoms with Crippen LogP contribution in [0.5, 0.6) is 0 Å². The molecule has 3 aromatic rings. The molecule has 0 radical (unpaired) electrons. The number of fused-ring (bicyclic) bond motifs is 2. The van der Waals surface area contributed by atoms with Crippen molar-refractivity contribution in [3.63, 3.8) is 0 Å². The summed E-state index contributed by atoms with van der Waals surface area (Å²) in [7, 11) is 1.88. The molecule has 0 unspecified atom stereocenters. The molecule has 1 aromatic heterocycles. The van der Waals surface area contributed by atoms with E-state index in [1.807, 2.05) is 78.4 Å². The molecule has 5 amide bonds. The molecule has 4 heterocycles. The highest BCUT2D eigenvalue weighted by atomic mass is 16.2. The highest BCUT2D eigenvalue weighted by Gasteiger charge is 2.42. The number of carbonyl (C=O) groups is 4. The zero-order chi connectivity index (χ0) is 33.0.